The van der Waals surface area contributed by atoms with Crippen molar-refractivity contribution in [3.63, 3.8) is 0 Å². The zero-order valence-corrected chi connectivity index (χ0v) is 14.7. The van der Waals surface area contributed by atoms with Crippen LogP contribution in [0.5, 0.6) is 0 Å². The number of aliphatic hydroxyl groups excluding tert-OH is 1. The van der Waals surface area contributed by atoms with E-state index in [1.807, 2.05) is 12.1 Å². The Labute approximate surface area is 156 Å². The van der Waals surface area contributed by atoms with Crippen LogP contribution >= 0.6 is 0 Å². The van der Waals surface area contributed by atoms with Gasteiger partial charge in [-0.2, -0.15) is 0 Å². The number of hydrogen-bond donors (Lipinski definition) is 5. The van der Waals surface area contributed by atoms with Crippen molar-refractivity contribution >= 4 is 29.2 Å². The van der Waals surface area contributed by atoms with E-state index in [-0.39, 0.29) is 6.54 Å². The minimum Gasteiger partial charge on any atom is -0.394 e. The summed E-state index contributed by atoms with van der Waals surface area (Å²) in [6.07, 6.45) is 0. The first-order valence-electron chi connectivity index (χ1n) is 8.76. The van der Waals surface area contributed by atoms with Crippen LogP contribution in [-0.4, -0.2) is 74.5 Å². The first-order chi connectivity index (χ1) is 13.1. The molecule has 0 aromatic heterocycles. The molecule has 3 rings (SSSR count). The van der Waals surface area contributed by atoms with Crippen molar-refractivity contribution in [3.05, 3.63) is 24.3 Å². The van der Waals surface area contributed by atoms with Crippen LogP contribution in [0.25, 0.3) is 0 Å². The van der Waals surface area contributed by atoms with E-state index in [0.717, 1.165) is 18.8 Å². The van der Waals surface area contributed by atoms with Gasteiger partial charge in [0, 0.05) is 31.0 Å². The van der Waals surface area contributed by atoms with Crippen molar-refractivity contribution in [1.29, 1.82) is 0 Å². The molecule has 5 N–H and O–H groups in total. The van der Waals surface area contributed by atoms with Gasteiger partial charge >= 0.3 is 6.03 Å². The lowest BCUT2D eigenvalue weighted by atomic mass is 10.2. The maximum atomic E-state index is 12.3. The number of benzene rings is 1. The molecule has 1 unspecified atom stereocenters. The van der Waals surface area contributed by atoms with Crippen molar-refractivity contribution in [2.75, 3.05) is 49.7 Å². The first-order valence-corrected chi connectivity index (χ1v) is 8.76. The van der Waals surface area contributed by atoms with Gasteiger partial charge in [-0.3, -0.25) is 9.59 Å². The standard InChI is InChI=1S/C17H23N5O5/c23-10-14(20-15(24)13-9-18-17(26)21-13)16(25)19-11-1-3-12(4-2-11)22-5-7-27-8-6-22/h1-4,13-14,23H,5-10H2,(H,19,25)(H,20,24)(H2,18,21,26)/t13?,14-/m0/s1. The van der Waals surface area contributed by atoms with Crippen molar-refractivity contribution in [2.45, 2.75) is 12.1 Å². The zero-order valence-electron chi connectivity index (χ0n) is 14.7. The normalized spacial score (nSPS) is 20.4. The fourth-order valence-electron chi connectivity index (χ4n) is 2.89. The molecule has 2 aliphatic rings. The molecule has 4 amide bonds. The van der Waals surface area contributed by atoms with E-state index in [4.69, 9.17) is 4.74 Å². The Kier molecular flexibility index (Phi) is 6.09. The number of rotatable bonds is 6. The lowest BCUT2D eigenvalue weighted by Gasteiger charge is -2.29. The highest BCUT2D eigenvalue weighted by Crippen LogP contribution is 2.19. The maximum Gasteiger partial charge on any atom is 0.315 e. The van der Waals surface area contributed by atoms with Crippen molar-refractivity contribution in [2.24, 2.45) is 0 Å². The van der Waals surface area contributed by atoms with Crippen LogP contribution in [0, 0.1) is 0 Å². The number of urea groups is 1. The van der Waals surface area contributed by atoms with Gasteiger partial charge in [-0.15, -0.1) is 0 Å². The van der Waals surface area contributed by atoms with Gasteiger partial charge in [0.15, 0.2) is 0 Å². The molecule has 10 nitrogen and oxygen atoms in total. The third-order valence-corrected chi connectivity index (χ3v) is 4.42. The van der Waals surface area contributed by atoms with E-state index in [1.165, 1.54) is 0 Å². The van der Waals surface area contributed by atoms with Crippen LogP contribution < -0.4 is 26.2 Å². The predicted molar refractivity (Wildman–Crippen MR) is 97.4 cm³/mol. The maximum absolute atomic E-state index is 12.3. The topological polar surface area (TPSA) is 132 Å². The van der Waals surface area contributed by atoms with E-state index in [9.17, 15) is 19.5 Å². The molecule has 0 radical (unpaired) electrons. The number of nitrogens with zero attached hydrogens (tertiary/aromatic N) is 1. The summed E-state index contributed by atoms with van der Waals surface area (Å²) in [5, 5.41) is 19.4. The summed E-state index contributed by atoms with van der Waals surface area (Å²) >= 11 is 0. The van der Waals surface area contributed by atoms with E-state index in [1.54, 1.807) is 12.1 Å². The Morgan fingerprint density at radius 2 is 1.96 bits per heavy atom. The van der Waals surface area contributed by atoms with Gasteiger partial charge < -0.3 is 36.0 Å². The van der Waals surface area contributed by atoms with Crippen LogP contribution in [-0.2, 0) is 14.3 Å². The summed E-state index contributed by atoms with van der Waals surface area (Å²) in [5.41, 5.74) is 1.59. The summed E-state index contributed by atoms with van der Waals surface area (Å²) in [6.45, 7) is 2.58. The average molecular weight is 377 g/mol. The fourth-order valence-corrected chi connectivity index (χ4v) is 2.89. The Bertz CT molecular complexity index is 689. The van der Waals surface area contributed by atoms with E-state index in [0.29, 0.717) is 18.9 Å². The molecule has 2 heterocycles. The number of anilines is 2. The van der Waals surface area contributed by atoms with Crippen LogP contribution in [0.3, 0.4) is 0 Å². The number of hydrogen-bond acceptors (Lipinski definition) is 6. The SMILES string of the molecule is O=C1NCC(C(=O)N[C@@H](CO)C(=O)Nc2ccc(N3CCOCC3)cc2)N1. The number of aliphatic hydroxyl groups is 1. The molecule has 1 aromatic carbocycles. The molecule has 1 aromatic rings. The quantitative estimate of drug-likeness (QED) is 0.415. The Morgan fingerprint density at radius 3 is 2.56 bits per heavy atom. The molecule has 0 bridgehead atoms. The highest BCUT2D eigenvalue weighted by atomic mass is 16.5. The van der Waals surface area contributed by atoms with Gasteiger partial charge in [-0.05, 0) is 24.3 Å². The van der Waals surface area contributed by atoms with Gasteiger partial charge in [0.1, 0.15) is 12.1 Å². The van der Waals surface area contributed by atoms with Gasteiger partial charge in [0.05, 0.1) is 19.8 Å². The molecular weight excluding hydrogens is 354 g/mol. The van der Waals surface area contributed by atoms with Crippen LogP contribution in [0.4, 0.5) is 16.2 Å². The minimum absolute atomic E-state index is 0.132. The summed E-state index contributed by atoms with van der Waals surface area (Å²) in [7, 11) is 0. The molecule has 27 heavy (non-hydrogen) atoms. The van der Waals surface area contributed by atoms with Crippen molar-refractivity contribution < 1.29 is 24.2 Å². The Hall–Kier alpha value is -2.85. The predicted octanol–water partition coefficient (Wildman–Crippen LogP) is -1.38. The first kappa shape index (κ1) is 18.9. The molecular formula is C17H23N5O5. The Morgan fingerprint density at radius 1 is 1.26 bits per heavy atom. The summed E-state index contributed by atoms with van der Waals surface area (Å²) < 4.78 is 5.33. The molecule has 2 saturated heterocycles. The van der Waals surface area contributed by atoms with E-state index >= 15 is 0 Å². The number of carbonyl (C=O) groups is 3. The van der Waals surface area contributed by atoms with Crippen LogP contribution in [0.15, 0.2) is 24.3 Å². The number of ether oxygens (including phenoxy) is 1. The molecule has 0 spiro atoms. The molecule has 10 heteroatoms. The van der Waals surface area contributed by atoms with Crippen LogP contribution in [0.1, 0.15) is 0 Å². The smallest absolute Gasteiger partial charge is 0.315 e. The summed E-state index contributed by atoms with van der Waals surface area (Å²) in [5.74, 6) is -1.08. The second kappa shape index (κ2) is 8.69. The van der Waals surface area contributed by atoms with Crippen molar-refractivity contribution in [1.82, 2.24) is 16.0 Å². The van der Waals surface area contributed by atoms with Gasteiger partial charge in [0.2, 0.25) is 11.8 Å². The third kappa shape index (κ3) is 4.86. The average Bonchev–Trinajstić information content (AvgIpc) is 3.13. The molecule has 0 saturated carbocycles. The van der Waals surface area contributed by atoms with E-state index < -0.39 is 36.5 Å². The van der Waals surface area contributed by atoms with Gasteiger partial charge in [0.25, 0.3) is 0 Å². The molecule has 2 fully saturated rings. The largest absolute Gasteiger partial charge is 0.394 e. The second-order valence-corrected chi connectivity index (χ2v) is 6.29. The number of morpholine rings is 1. The lowest BCUT2D eigenvalue weighted by molar-refractivity contribution is -0.128. The highest BCUT2D eigenvalue weighted by Gasteiger charge is 2.30. The monoisotopic (exact) mass is 377 g/mol. The van der Waals surface area contributed by atoms with Gasteiger partial charge in [-0.1, -0.05) is 0 Å². The van der Waals surface area contributed by atoms with E-state index in [2.05, 4.69) is 26.2 Å². The number of carbonyl (C=O) groups excluding carboxylic acids is 3. The molecule has 0 aliphatic carbocycles. The van der Waals surface area contributed by atoms with Crippen LogP contribution in [0.2, 0.25) is 0 Å². The molecule has 2 aliphatic heterocycles. The molecule has 146 valence electrons. The lowest BCUT2D eigenvalue weighted by Crippen LogP contribution is -2.52. The molecule has 2 atom stereocenters. The van der Waals surface area contributed by atoms with Crippen molar-refractivity contribution in [3.8, 4) is 0 Å². The number of amides is 4. The highest BCUT2D eigenvalue weighted by molar-refractivity contribution is 5.99. The Balaban J connectivity index is 1.54. The zero-order chi connectivity index (χ0) is 19.2. The fraction of sp³-hybridized carbons (Fsp3) is 0.471. The third-order valence-electron chi connectivity index (χ3n) is 4.42. The number of nitrogens with one attached hydrogen (secondary N) is 4. The summed E-state index contributed by atoms with van der Waals surface area (Å²) in [6, 6.07) is 4.99. The minimum atomic E-state index is -1.12. The van der Waals surface area contributed by atoms with Gasteiger partial charge in [-0.25, -0.2) is 4.79 Å². The summed E-state index contributed by atoms with van der Waals surface area (Å²) in [4.78, 5) is 37.7. The second-order valence-electron chi connectivity index (χ2n) is 6.29.